The summed E-state index contributed by atoms with van der Waals surface area (Å²) in [5.41, 5.74) is 6.73. The first kappa shape index (κ1) is 112. The zero-order chi connectivity index (χ0) is 106. The van der Waals surface area contributed by atoms with Gasteiger partial charge in [-0.2, -0.15) is 49.5 Å². The third-order valence-corrected chi connectivity index (χ3v) is 32.5. The Labute approximate surface area is 851 Å². The molecule has 748 valence electrons. The van der Waals surface area contributed by atoms with Crippen molar-refractivity contribution in [3.05, 3.63) is 218 Å². The monoisotopic (exact) mass is 2100 g/mol. The number of hydrogen-bond acceptors (Lipinski definition) is 22. The molecule has 9 aromatic rings. The molecule has 0 bridgehead atoms. The fraction of sp³-hybridized carbons (Fsp3) is 0.424. The Bertz CT molecular complexity index is 6890. The van der Waals surface area contributed by atoms with Gasteiger partial charge in [0.05, 0.1) is 113 Å². The number of phenols is 2. The van der Waals surface area contributed by atoms with Crippen molar-refractivity contribution in [2.75, 3.05) is 88.8 Å². The van der Waals surface area contributed by atoms with E-state index in [-0.39, 0.29) is 66.4 Å². The van der Waals surface area contributed by atoms with Crippen molar-refractivity contribution in [1.29, 1.82) is 15.8 Å². The molecule has 0 unspecified atom stereocenters. The third-order valence-electron chi connectivity index (χ3n) is 24.4. The minimum Gasteiger partial charge on any atom is -0.508 e. The van der Waals surface area contributed by atoms with E-state index in [0.717, 1.165) is 15.6 Å². The number of phenolic OH excluding ortho intramolecular Hbond substituents is 2. The largest absolute Gasteiger partial charge is 0.508 e. The van der Waals surface area contributed by atoms with E-state index in [0.29, 0.717) is 127 Å². The van der Waals surface area contributed by atoms with Gasteiger partial charge in [0.25, 0.3) is 11.6 Å². The molecule has 0 spiro atoms. The molecule has 7 aliphatic heterocycles. The van der Waals surface area contributed by atoms with E-state index < -0.39 is 73.2 Å². The lowest BCUT2D eigenvalue weighted by Crippen LogP contribution is -2.41. The van der Waals surface area contributed by atoms with E-state index in [1.807, 2.05) is 215 Å². The predicted molar refractivity (Wildman–Crippen MR) is 564 cm³/mol. The summed E-state index contributed by atoms with van der Waals surface area (Å²) >= 11 is 14.5. The molecule has 7 aliphatic rings. The molecule has 0 saturated carbocycles. The maximum atomic E-state index is 13.1. The molecule has 3 fully saturated rings. The number of fused-ring (bicyclic) bond motifs is 4. The van der Waals surface area contributed by atoms with Crippen molar-refractivity contribution in [2.24, 2.45) is 21.7 Å². The zero-order valence-corrected chi connectivity index (χ0v) is 91.0. The average molecular weight is 2100 g/mol. The van der Waals surface area contributed by atoms with E-state index in [1.165, 1.54) is 103 Å². The molecule has 0 atom stereocenters. The number of pyridine rings is 2. The minimum absolute atomic E-state index is 0.0508. The van der Waals surface area contributed by atoms with Gasteiger partial charge in [-0.25, -0.2) is 0 Å². The van der Waals surface area contributed by atoms with E-state index in [2.05, 4.69) is 47.7 Å². The fourth-order valence-corrected chi connectivity index (χ4v) is 22.2. The van der Waals surface area contributed by atoms with Crippen molar-refractivity contribution in [1.82, 2.24) is 9.97 Å². The minimum atomic E-state index is -3.68. The van der Waals surface area contributed by atoms with Gasteiger partial charge in [0.15, 0.2) is 0 Å². The summed E-state index contributed by atoms with van der Waals surface area (Å²) in [5, 5.41) is 46.8. The molecule has 9 heterocycles. The number of hydrogen-bond donors (Lipinski definition) is 2. The quantitative estimate of drug-likeness (QED) is 0.0948. The molecule has 0 radical (unpaired) electrons. The second kappa shape index (κ2) is 41.3. The van der Waals surface area contributed by atoms with Crippen LogP contribution in [-0.4, -0.2) is 163 Å². The Balaban J connectivity index is 0.000000175. The number of ether oxygens (including phenoxy) is 1. The lowest BCUT2D eigenvalue weighted by Gasteiger charge is -2.32. The van der Waals surface area contributed by atoms with Gasteiger partial charge in [-0.15, -0.1) is 9.97 Å². The topological polar surface area (TPSA) is 373 Å². The molecule has 0 amide bonds. The zero-order valence-electron chi connectivity index (χ0n) is 84.6. The Kier molecular flexibility index (Phi) is 32.8. The van der Waals surface area contributed by atoms with Gasteiger partial charge in [0, 0.05) is 87.1 Å². The van der Waals surface area contributed by atoms with E-state index in [9.17, 15) is 49.3 Å². The molecule has 0 aliphatic carbocycles. The van der Waals surface area contributed by atoms with Crippen LogP contribution in [0.15, 0.2) is 169 Å². The molecule has 141 heavy (non-hydrogen) atoms. The number of aromatic hydroxyl groups is 2. The average Bonchev–Trinajstić information content (AvgIpc) is 1.58. The van der Waals surface area contributed by atoms with Crippen molar-refractivity contribution >= 4 is 164 Å². The number of aromatic nitrogens is 2. The van der Waals surface area contributed by atoms with Crippen LogP contribution in [-0.2, 0) is 68.8 Å². The first-order valence-corrected chi connectivity index (χ1v) is 52.0. The van der Waals surface area contributed by atoms with Gasteiger partial charge in [0.1, 0.15) is 41.5 Å². The van der Waals surface area contributed by atoms with Gasteiger partial charge in [0.2, 0.25) is 0 Å². The Morgan fingerprint density at radius 1 is 0.397 bits per heavy atom. The van der Waals surface area contributed by atoms with Crippen LogP contribution in [0.25, 0.3) is 31.9 Å². The molecular weight excluding hydrogens is 1980 g/mol. The van der Waals surface area contributed by atoms with Gasteiger partial charge in [-0.3, -0.25) is 34.4 Å². The summed E-state index contributed by atoms with van der Waals surface area (Å²) in [6.45, 7) is 63.6. The highest BCUT2D eigenvalue weighted by atomic mass is 79.9. The Morgan fingerprint density at radius 3 is 1.08 bits per heavy atom. The van der Waals surface area contributed by atoms with Crippen LogP contribution < -0.4 is 44.6 Å². The van der Waals surface area contributed by atoms with Crippen LogP contribution in [0.1, 0.15) is 183 Å². The molecule has 2 N–H and O–H groups in total. The van der Waals surface area contributed by atoms with Gasteiger partial charge in [-0.1, -0.05) is 154 Å². The first-order valence-electron chi connectivity index (χ1n) is 44.8. The van der Waals surface area contributed by atoms with Crippen LogP contribution in [0.3, 0.4) is 0 Å². The second-order valence-electron chi connectivity index (χ2n) is 42.2. The van der Waals surface area contributed by atoms with E-state index in [4.69, 9.17) is 79.4 Å². The summed E-state index contributed by atoms with van der Waals surface area (Å²) in [6.07, 6.45) is 3.00. The van der Waals surface area contributed by atoms with Crippen molar-refractivity contribution in [3.63, 3.8) is 0 Å². The normalized spacial score (nSPS) is 18.2. The highest BCUT2D eigenvalue weighted by molar-refractivity contribution is 9.10. The maximum Gasteiger partial charge on any atom is 0.494 e. The standard InChI is InChI=1S/C25H23N5O3S.C19H21N3O3S.C18H29BN2O4S.C12H24B2O4.C12H17BrN2O2S.C7H4ClNO.C6H3ClN2/c1-25(2,3)16-30-22-9-7-17(12-23(22)29(5)34(30,31)32)21-13-19(8-6-18(21)15-26)33-20-10-11-28-24(14-20)27-4;1-19(2,3)12-22-17-8-6-13(9-18(17)21(4)26(22,24)25)16-10-15(23)7-5-14(16)11-20;1-16(2,3)12-21-14-10-9-13(11-15(14)20(8)26(21,22)23)19-24-17(4,5)18(6,7)25-19;1-9(2)10(3,4)16-13(15-9)14-17-11(5,6)12(7,8)18-14;1-12(2,3)8-15-10-6-5-9(13)7-11(10)14(4)18(15,16)17;8-7-3-6(10)2-1-5(7)4-9;1-8-6-4-5(7)2-3-9-6/h6-14H,16H2,1-3,5H3;5-10,23H,12H2,1-4H3;9-11H,12H2,1-8H3;1-8H3;5-7H,8H2,1-4H3;1-3,10H;2-4H. The van der Waals surface area contributed by atoms with Crippen LogP contribution >= 0.6 is 39.1 Å². The molecule has 3 saturated heterocycles. The first-order chi connectivity index (χ1) is 64.8. The fourth-order valence-electron chi connectivity index (χ4n) is 14.9. The van der Waals surface area contributed by atoms with Gasteiger partial charge in [-0.05, 0) is 243 Å². The van der Waals surface area contributed by atoms with Gasteiger partial charge >= 0.3 is 62.0 Å². The molecule has 7 aromatic carbocycles. The van der Waals surface area contributed by atoms with Crippen LogP contribution in [0, 0.1) is 68.8 Å². The molecule has 16 rings (SSSR count). The smallest absolute Gasteiger partial charge is 0.494 e. The van der Waals surface area contributed by atoms with Gasteiger partial charge < -0.3 is 52.6 Å². The highest BCUT2D eigenvalue weighted by Crippen LogP contribution is 2.51. The summed E-state index contributed by atoms with van der Waals surface area (Å²) in [4.78, 5) is 14.0. The van der Waals surface area contributed by atoms with E-state index >= 15 is 0 Å². The second-order valence-corrected chi connectivity index (χ2v) is 51.5. The third kappa shape index (κ3) is 25.2. The SMILES string of the molecule is CC1(C)OB(B2OC(C)(C)C(C)(C)O2)OC1(C)C.CN1c2cc(-c3cc(O)ccc3C#N)ccc2N(CC(C)(C)C)S1(=O)=O.CN1c2cc(B3OC(C)(C)C(C)(C)O3)ccc2N(CC(C)(C)C)S1(=O)=O.CN1c2cc(Br)ccc2N(CC(C)(C)C)S1(=O)=O.N#Cc1ccc(O)cc1Cl.[C-]#[N+]c1cc(Cl)ccn1.[C-]#[N+]c1cc(Oc2ccc(C#N)c(-c3ccc4c(c3)N(C)S(=O)(=O)N4CC(C)(C)C)c2)ccn1. The number of benzene rings is 7. The van der Waals surface area contributed by atoms with Crippen molar-refractivity contribution < 1.29 is 76.5 Å². The number of nitrogens with zero attached hydrogens (tertiary/aromatic N) is 15. The summed E-state index contributed by atoms with van der Waals surface area (Å²) in [5.74, 6) is 1.61. The Hall–Kier alpha value is -11.1. The predicted octanol–water partition coefficient (Wildman–Crippen LogP) is 21.0. The number of anilines is 8. The highest BCUT2D eigenvalue weighted by Gasteiger charge is 2.64. The molecule has 42 heteroatoms. The summed E-state index contributed by atoms with van der Waals surface area (Å²) in [7, 11) is -9.54. The number of halogens is 3. The van der Waals surface area contributed by atoms with E-state index in [1.54, 1.807) is 80.8 Å². The summed E-state index contributed by atoms with van der Waals surface area (Å²) in [6, 6.07) is 48.1. The van der Waals surface area contributed by atoms with Crippen molar-refractivity contribution in [2.45, 2.75) is 200 Å². The Morgan fingerprint density at radius 2 is 0.716 bits per heavy atom. The van der Waals surface area contributed by atoms with Crippen LogP contribution in [0.2, 0.25) is 10.0 Å². The lowest BCUT2D eigenvalue weighted by molar-refractivity contribution is 0.00578. The molecular formula is C99H121B3BrCl2N15O17S4. The van der Waals surface area contributed by atoms with Crippen molar-refractivity contribution in [3.8, 4) is 63.5 Å². The molecule has 2 aromatic heterocycles. The number of nitriles is 3. The molecule has 32 nitrogen and oxygen atoms in total. The number of rotatable bonds is 10. The maximum absolute atomic E-state index is 13.1. The summed E-state index contributed by atoms with van der Waals surface area (Å²) < 4.78 is 156. The van der Waals surface area contributed by atoms with Crippen LogP contribution in [0.5, 0.6) is 23.0 Å². The lowest BCUT2D eigenvalue weighted by atomic mass is 9.49. The van der Waals surface area contributed by atoms with Crippen LogP contribution in [0.4, 0.5) is 57.1 Å².